The molecule has 0 bridgehead atoms. The molecule has 0 spiro atoms. The Morgan fingerprint density at radius 3 is 2.57 bits per heavy atom. The van der Waals surface area contributed by atoms with E-state index in [1.54, 1.807) is 0 Å². The van der Waals surface area contributed by atoms with Crippen LogP contribution in [0.15, 0.2) is 24.3 Å². The van der Waals surface area contributed by atoms with Crippen molar-refractivity contribution in [2.45, 2.75) is 12.6 Å². The molecule has 1 aromatic heterocycles. The number of rotatable bonds is 3. The molecule has 1 heterocycles. The average Bonchev–Trinajstić information content (AvgIpc) is 2.42. The van der Waals surface area contributed by atoms with Gasteiger partial charge in [-0.25, -0.2) is 9.37 Å². The molecule has 0 saturated heterocycles. The average molecular weight is 301 g/mol. The highest BCUT2D eigenvalue weighted by atomic mass is 19.4. The molecule has 0 saturated carbocycles. The number of anilines is 1. The van der Waals surface area contributed by atoms with Gasteiger partial charge in [0.15, 0.2) is 5.69 Å². The topological polar surface area (TPSA) is 61.0 Å². The second-order valence-corrected chi connectivity index (χ2v) is 4.20. The van der Waals surface area contributed by atoms with Crippen LogP contribution in [-0.4, -0.2) is 17.1 Å². The summed E-state index contributed by atoms with van der Waals surface area (Å²) < 4.78 is 56.3. The van der Waals surface area contributed by atoms with Crippen LogP contribution in [0.1, 0.15) is 17.1 Å². The predicted molar refractivity (Wildman–Crippen MR) is 67.2 cm³/mol. The van der Waals surface area contributed by atoms with Crippen molar-refractivity contribution in [1.29, 1.82) is 0 Å². The van der Waals surface area contributed by atoms with E-state index in [1.165, 1.54) is 19.2 Å². The van der Waals surface area contributed by atoms with Crippen LogP contribution in [0.2, 0.25) is 0 Å². The van der Waals surface area contributed by atoms with E-state index >= 15 is 0 Å². The van der Waals surface area contributed by atoms with E-state index in [2.05, 4.69) is 9.97 Å². The number of aromatic nitrogens is 2. The molecule has 1 aromatic carbocycles. The maximum absolute atomic E-state index is 13.3. The number of para-hydroxylation sites is 1. The zero-order valence-corrected chi connectivity index (χ0v) is 10.9. The van der Waals surface area contributed by atoms with Crippen molar-refractivity contribution >= 4 is 5.69 Å². The highest BCUT2D eigenvalue weighted by Gasteiger charge is 2.34. The van der Waals surface area contributed by atoms with E-state index in [0.717, 1.165) is 6.07 Å². The van der Waals surface area contributed by atoms with Gasteiger partial charge in [-0.15, -0.1) is 0 Å². The van der Waals surface area contributed by atoms with Crippen LogP contribution >= 0.6 is 0 Å². The van der Waals surface area contributed by atoms with E-state index < -0.39 is 17.7 Å². The number of nitrogen functional groups attached to an aromatic ring is 1. The third-order valence-corrected chi connectivity index (χ3v) is 2.74. The van der Waals surface area contributed by atoms with Crippen LogP contribution < -0.4 is 10.5 Å². The van der Waals surface area contributed by atoms with Gasteiger partial charge < -0.3 is 10.5 Å². The summed E-state index contributed by atoms with van der Waals surface area (Å²) >= 11 is 0. The molecule has 4 nitrogen and oxygen atoms in total. The third kappa shape index (κ3) is 3.39. The van der Waals surface area contributed by atoms with Gasteiger partial charge in [0, 0.05) is 12.5 Å². The van der Waals surface area contributed by atoms with Crippen molar-refractivity contribution in [2.24, 2.45) is 0 Å². The molecule has 2 rings (SSSR count). The number of alkyl halides is 3. The van der Waals surface area contributed by atoms with Crippen LogP contribution in [0.25, 0.3) is 0 Å². The highest BCUT2D eigenvalue weighted by Crippen LogP contribution is 2.30. The fraction of sp³-hybridized carbons (Fsp3) is 0.231. The van der Waals surface area contributed by atoms with Crippen LogP contribution in [0, 0.1) is 5.82 Å². The second-order valence-electron chi connectivity index (χ2n) is 4.20. The Kier molecular flexibility index (Phi) is 3.97. The van der Waals surface area contributed by atoms with E-state index in [0.29, 0.717) is 11.6 Å². The van der Waals surface area contributed by atoms with Gasteiger partial charge in [-0.3, -0.25) is 0 Å². The number of methoxy groups -OCH3 is 1. The molecule has 0 radical (unpaired) electrons. The van der Waals surface area contributed by atoms with Gasteiger partial charge in [0.1, 0.15) is 11.6 Å². The van der Waals surface area contributed by atoms with Gasteiger partial charge in [-0.1, -0.05) is 12.1 Å². The van der Waals surface area contributed by atoms with Gasteiger partial charge in [-0.2, -0.15) is 18.2 Å². The summed E-state index contributed by atoms with van der Waals surface area (Å²) in [6, 6.07) is 4.76. The summed E-state index contributed by atoms with van der Waals surface area (Å²) in [5.74, 6) is -1.02. The SMILES string of the molecule is COc1cc(C(F)(F)F)nc(Cc2cccc(F)c2N)n1. The molecule has 2 aromatic rings. The monoisotopic (exact) mass is 301 g/mol. The molecule has 112 valence electrons. The molecular weight excluding hydrogens is 290 g/mol. The largest absolute Gasteiger partial charge is 0.481 e. The van der Waals surface area contributed by atoms with Gasteiger partial charge >= 0.3 is 6.18 Å². The Hall–Kier alpha value is -2.38. The van der Waals surface area contributed by atoms with Crippen molar-refractivity contribution < 1.29 is 22.3 Å². The molecule has 8 heteroatoms. The van der Waals surface area contributed by atoms with E-state index in [4.69, 9.17) is 10.5 Å². The third-order valence-electron chi connectivity index (χ3n) is 2.74. The molecule has 0 aliphatic heterocycles. The van der Waals surface area contributed by atoms with Crippen LogP contribution in [0.5, 0.6) is 5.88 Å². The Balaban J connectivity index is 2.42. The Morgan fingerprint density at radius 2 is 1.95 bits per heavy atom. The fourth-order valence-corrected chi connectivity index (χ4v) is 1.71. The minimum Gasteiger partial charge on any atom is -0.481 e. The number of benzene rings is 1. The lowest BCUT2D eigenvalue weighted by Gasteiger charge is -2.10. The Morgan fingerprint density at radius 1 is 1.24 bits per heavy atom. The summed E-state index contributed by atoms with van der Waals surface area (Å²) in [6.45, 7) is 0. The van der Waals surface area contributed by atoms with Gasteiger partial charge in [0.05, 0.1) is 12.8 Å². The lowest BCUT2D eigenvalue weighted by molar-refractivity contribution is -0.141. The number of hydrogen-bond acceptors (Lipinski definition) is 4. The smallest absolute Gasteiger partial charge is 0.433 e. The van der Waals surface area contributed by atoms with Crippen LogP contribution in [0.4, 0.5) is 23.2 Å². The van der Waals surface area contributed by atoms with Gasteiger partial charge in [0.25, 0.3) is 0 Å². The first-order valence-electron chi connectivity index (χ1n) is 5.83. The molecule has 0 aliphatic carbocycles. The maximum Gasteiger partial charge on any atom is 0.433 e. The molecule has 0 aliphatic rings. The fourth-order valence-electron chi connectivity index (χ4n) is 1.71. The molecule has 0 fully saturated rings. The van der Waals surface area contributed by atoms with Crippen LogP contribution in [0.3, 0.4) is 0 Å². The highest BCUT2D eigenvalue weighted by molar-refractivity contribution is 5.49. The minimum absolute atomic E-state index is 0.135. The Bertz CT molecular complexity index is 658. The van der Waals surface area contributed by atoms with Crippen molar-refractivity contribution in [3.8, 4) is 5.88 Å². The lowest BCUT2D eigenvalue weighted by atomic mass is 10.1. The minimum atomic E-state index is -4.63. The summed E-state index contributed by atoms with van der Waals surface area (Å²) in [5.41, 5.74) is 4.58. The summed E-state index contributed by atoms with van der Waals surface area (Å²) in [6.07, 6.45) is -4.76. The summed E-state index contributed by atoms with van der Waals surface area (Å²) in [4.78, 5) is 7.24. The lowest BCUT2D eigenvalue weighted by Crippen LogP contribution is -2.12. The predicted octanol–water partition coefficient (Wildman–Crippen LogP) is 2.82. The van der Waals surface area contributed by atoms with E-state index in [-0.39, 0.29) is 23.8 Å². The van der Waals surface area contributed by atoms with Crippen molar-refractivity contribution in [3.63, 3.8) is 0 Å². The first-order chi connectivity index (χ1) is 9.81. The standard InChI is InChI=1S/C13H11F4N3O/c1-21-11-6-9(13(15,16)17)19-10(20-11)5-7-3-2-4-8(14)12(7)18/h2-4,6H,5,18H2,1H3. The number of hydrogen-bond donors (Lipinski definition) is 1. The maximum atomic E-state index is 13.3. The summed E-state index contributed by atoms with van der Waals surface area (Å²) in [7, 11) is 1.20. The number of nitrogens with zero attached hydrogens (tertiary/aromatic N) is 2. The van der Waals surface area contributed by atoms with Crippen molar-refractivity contribution in [1.82, 2.24) is 9.97 Å². The number of ether oxygens (including phenoxy) is 1. The molecule has 0 amide bonds. The number of nitrogens with two attached hydrogens (primary N) is 1. The second kappa shape index (κ2) is 5.55. The van der Waals surface area contributed by atoms with Crippen molar-refractivity contribution in [3.05, 3.63) is 47.2 Å². The van der Waals surface area contributed by atoms with Gasteiger partial charge in [0.2, 0.25) is 5.88 Å². The zero-order valence-electron chi connectivity index (χ0n) is 10.9. The van der Waals surface area contributed by atoms with Crippen LogP contribution in [-0.2, 0) is 12.6 Å². The molecule has 2 N–H and O–H groups in total. The molecule has 0 atom stereocenters. The van der Waals surface area contributed by atoms with E-state index in [9.17, 15) is 17.6 Å². The molecule has 0 unspecified atom stereocenters. The number of halogens is 4. The van der Waals surface area contributed by atoms with Gasteiger partial charge in [-0.05, 0) is 11.6 Å². The first kappa shape index (κ1) is 15.0. The summed E-state index contributed by atoms with van der Waals surface area (Å²) in [5, 5.41) is 0. The molecule has 21 heavy (non-hydrogen) atoms. The van der Waals surface area contributed by atoms with E-state index in [1.807, 2.05) is 0 Å². The first-order valence-corrected chi connectivity index (χ1v) is 5.83. The molecular formula is C13H11F4N3O. The Labute approximate surface area is 117 Å². The zero-order chi connectivity index (χ0) is 15.6. The quantitative estimate of drug-likeness (QED) is 0.699. The van der Waals surface area contributed by atoms with Crippen molar-refractivity contribution in [2.75, 3.05) is 12.8 Å². The normalized spacial score (nSPS) is 11.5.